The standard InChI is InChI=1S/C19H31N3O3.HI/c1-18(2)16(11-19(18,3)25-7)22-17(20-4)21-12-13-8-9-14(23-5)10-15(13)24-6;/h8-10,16H,11-12H2,1-7H3,(H2,20,21,22);1H. The Hall–Kier alpha value is -1.22. The molecule has 0 bridgehead atoms. The van der Waals surface area contributed by atoms with Crippen LogP contribution in [0.5, 0.6) is 11.5 Å². The van der Waals surface area contributed by atoms with E-state index in [4.69, 9.17) is 14.2 Å². The SMILES string of the molecule is CN=C(NCc1ccc(OC)cc1OC)NC1CC(C)(OC)C1(C)C.I. The summed E-state index contributed by atoms with van der Waals surface area (Å²) in [6.07, 6.45) is 0.947. The van der Waals surface area contributed by atoms with Gasteiger partial charge in [0.1, 0.15) is 11.5 Å². The molecule has 1 aliphatic rings. The van der Waals surface area contributed by atoms with E-state index in [-0.39, 0.29) is 35.0 Å². The van der Waals surface area contributed by atoms with Gasteiger partial charge in [0.25, 0.3) is 0 Å². The largest absolute Gasteiger partial charge is 0.497 e. The number of rotatable bonds is 6. The molecule has 148 valence electrons. The Kier molecular flexibility index (Phi) is 8.01. The summed E-state index contributed by atoms with van der Waals surface area (Å²) in [5, 5.41) is 6.86. The van der Waals surface area contributed by atoms with Crippen molar-refractivity contribution in [2.75, 3.05) is 28.4 Å². The summed E-state index contributed by atoms with van der Waals surface area (Å²) in [5.74, 6) is 2.34. The van der Waals surface area contributed by atoms with Crippen molar-refractivity contribution in [3.8, 4) is 11.5 Å². The summed E-state index contributed by atoms with van der Waals surface area (Å²) in [6, 6.07) is 6.11. The maximum atomic E-state index is 5.69. The van der Waals surface area contributed by atoms with Crippen LogP contribution in [0.3, 0.4) is 0 Å². The zero-order chi connectivity index (χ0) is 18.7. The molecule has 1 aliphatic carbocycles. The van der Waals surface area contributed by atoms with Crippen LogP contribution in [0.2, 0.25) is 0 Å². The Morgan fingerprint density at radius 2 is 1.88 bits per heavy atom. The highest BCUT2D eigenvalue weighted by atomic mass is 127. The van der Waals surface area contributed by atoms with Gasteiger partial charge in [0.2, 0.25) is 0 Å². The maximum Gasteiger partial charge on any atom is 0.191 e. The molecule has 1 saturated carbocycles. The van der Waals surface area contributed by atoms with Gasteiger partial charge in [0, 0.05) is 43.8 Å². The monoisotopic (exact) mass is 477 g/mol. The third kappa shape index (κ3) is 4.36. The number of nitrogens with one attached hydrogen (secondary N) is 2. The molecule has 2 rings (SSSR count). The molecule has 0 radical (unpaired) electrons. The van der Waals surface area contributed by atoms with Gasteiger partial charge in [0.05, 0.1) is 19.8 Å². The average molecular weight is 477 g/mol. The lowest BCUT2D eigenvalue weighted by Gasteiger charge is -2.59. The van der Waals surface area contributed by atoms with Gasteiger partial charge in [0.15, 0.2) is 5.96 Å². The van der Waals surface area contributed by atoms with E-state index in [2.05, 4.69) is 36.4 Å². The first-order chi connectivity index (χ1) is 11.8. The number of hydrogen-bond donors (Lipinski definition) is 2. The van der Waals surface area contributed by atoms with Crippen molar-refractivity contribution < 1.29 is 14.2 Å². The van der Waals surface area contributed by atoms with Gasteiger partial charge in [-0.25, -0.2) is 0 Å². The molecule has 1 aromatic carbocycles. The number of halogens is 1. The van der Waals surface area contributed by atoms with Gasteiger partial charge in [-0.1, -0.05) is 13.8 Å². The molecule has 0 saturated heterocycles. The molecule has 2 unspecified atom stereocenters. The Morgan fingerprint density at radius 1 is 1.19 bits per heavy atom. The Bertz CT molecular complexity index is 636. The van der Waals surface area contributed by atoms with E-state index in [0.29, 0.717) is 12.6 Å². The van der Waals surface area contributed by atoms with E-state index in [9.17, 15) is 0 Å². The van der Waals surface area contributed by atoms with Crippen molar-refractivity contribution in [2.45, 2.75) is 45.4 Å². The van der Waals surface area contributed by atoms with Gasteiger partial charge in [-0.05, 0) is 25.5 Å². The maximum absolute atomic E-state index is 5.69. The molecular weight excluding hydrogens is 445 g/mol. The summed E-state index contributed by atoms with van der Waals surface area (Å²) in [5.41, 5.74) is 0.959. The third-order valence-electron chi connectivity index (χ3n) is 5.75. The number of methoxy groups -OCH3 is 3. The molecule has 2 N–H and O–H groups in total. The van der Waals surface area contributed by atoms with E-state index < -0.39 is 0 Å². The molecule has 0 spiro atoms. The van der Waals surface area contributed by atoms with Crippen molar-refractivity contribution in [3.63, 3.8) is 0 Å². The van der Waals surface area contributed by atoms with Gasteiger partial charge in [-0.3, -0.25) is 4.99 Å². The van der Waals surface area contributed by atoms with Crippen LogP contribution >= 0.6 is 24.0 Å². The molecule has 0 aromatic heterocycles. The molecule has 0 heterocycles. The van der Waals surface area contributed by atoms with Crippen LogP contribution in [0.1, 0.15) is 32.8 Å². The normalized spacial score (nSPS) is 24.1. The highest BCUT2D eigenvalue weighted by molar-refractivity contribution is 14.0. The molecule has 0 amide bonds. The second-order valence-electron chi connectivity index (χ2n) is 7.16. The second kappa shape index (κ2) is 9.12. The molecule has 7 heteroatoms. The molecule has 6 nitrogen and oxygen atoms in total. The first kappa shape index (κ1) is 22.8. The lowest BCUT2D eigenvalue weighted by Crippen LogP contribution is -2.69. The minimum absolute atomic E-state index is 0. The van der Waals surface area contributed by atoms with E-state index >= 15 is 0 Å². The molecular formula is C19H32IN3O3. The van der Waals surface area contributed by atoms with Crippen LogP contribution in [0, 0.1) is 5.41 Å². The number of hydrogen-bond acceptors (Lipinski definition) is 4. The van der Waals surface area contributed by atoms with Crippen LogP contribution in [0.25, 0.3) is 0 Å². The lowest BCUT2D eigenvalue weighted by molar-refractivity contribution is -0.176. The fourth-order valence-corrected chi connectivity index (χ4v) is 3.26. The number of benzene rings is 1. The summed E-state index contributed by atoms with van der Waals surface area (Å²) < 4.78 is 16.4. The summed E-state index contributed by atoms with van der Waals surface area (Å²) in [7, 11) is 6.86. The highest BCUT2D eigenvalue weighted by Crippen LogP contribution is 2.51. The van der Waals surface area contributed by atoms with Crippen molar-refractivity contribution in [1.29, 1.82) is 0 Å². The first-order valence-corrected chi connectivity index (χ1v) is 8.54. The molecule has 0 aliphatic heterocycles. The lowest BCUT2D eigenvalue weighted by atomic mass is 9.56. The van der Waals surface area contributed by atoms with E-state index in [1.54, 1.807) is 28.4 Å². The molecule has 1 fully saturated rings. The van der Waals surface area contributed by atoms with Crippen LogP contribution in [0.15, 0.2) is 23.2 Å². The quantitative estimate of drug-likeness (QED) is 0.375. The van der Waals surface area contributed by atoms with Crippen molar-refractivity contribution in [1.82, 2.24) is 10.6 Å². The number of guanidine groups is 1. The fourth-order valence-electron chi connectivity index (χ4n) is 3.26. The molecule has 26 heavy (non-hydrogen) atoms. The zero-order valence-electron chi connectivity index (χ0n) is 16.8. The van der Waals surface area contributed by atoms with Crippen molar-refractivity contribution >= 4 is 29.9 Å². The topological polar surface area (TPSA) is 64.1 Å². The second-order valence-corrected chi connectivity index (χ2v) is 7.16. The first-order valence-electron chi connectivity index (χ1n) is 8.54. The van der Waals surface area contributed by atoms with Crippen LogP contribution in [-0.4, -0.2) is 46.0 Å². The van der Waals surface area contributed by atoms with Gasteiger partial charge < -0.3 is 24.8 Å². The average Bonchev–Trinajstić information content (AvgIpc) is 2.63. The zero-order valence-corrected chi connectivity index (χ0v) is 19.1. The summed E-state index contributed by atoms with van der Waals surface area (Å²) in [6.45, 7) is 7.21. The van der Waals surface area contributed by atoms with Crippen LogP contribution < -0.4 is 20.1 Å². The summed E-state index contributed by atoms with van der Waals surface area (Å²) in [4.78, 5) is 4.34. The van der Waals surface area contributed by atoms with Crippen LogP contribution in [0.4, 0.5) is 0 Å². The molecule has 2 atom stereocenters. The van der Waals surface area contributed by atoms with E-state index in [1.165, 1.54) is 0 Å². The Labute approximate surface area is 174 Å². The Balaban J connectivity index is 0.00000338. The third-order valence-corrected chi connectivity index (χ3v) is 5.75. The molecule has 1 aromatic rings. The number of aliphatic imine (C=N–C) groups is 1. The minimum atomic E-state index is -0.108. The van der Waals surface area contributed by atoms with Crippen molar-refractivity contribution in [3.05, 3.63) is 23.8 Å². The number of nitrogens with zero attached hydrogens (tertiary/aromatic N) is 1. The van der Waals surface area contributed by atoms with E-state index in [0.717, 1.165) is 29.4 Å². The highest BCUT2D eigenvalue weighted by Gasteiger charge is 2.58. The fraction of sp³-hybridized carbons (Fsp3) is 0.632. The van der Waals surface area contributed by atoms with Gasteiger partial charge >= 0.3 is 0 Å². The van der Waals surface area contributed by atoms with Gasteiger partial charge in [-0.15, -0.1) is 24.0 Å². The summed E-state index contributed by atoms with van der Waals surface area (Å²) >= 11 is 0. The van der Waals surface area contributed by atoms with Gasteiger partial charge in [-0.2, -0.15) is 0 Å². The van der Waals surface area contributed by atoms with E-state index in [1.807, 2.05) is 18.2 Å². The smallest absolute Gasteiger partial charge is 0.191 e. The van der Waals surface area contributed by atoms with Crippen molar-refractivity contribution in [2.24, 2.45) is 10.4 Å². The number of ether oxygens (including phenoxy) is 3. The Morgan fingerprint density at radius 3 is 2.38 bits per heavy atom. The predicted molar refractivity (Wildman–Crippen MR) is 116 cm³/mol. The van der Waals surface area contributed by atoms with Crippen LogP contribution in [-0.2, 0) is 11.3 Å². The predicted octanol–water partition coefficient (Wildman–Crippen LogP) is 3.19. The minimum Gasteiger partial charge on any atom is -0.497 e.